The number of nitrogens with one attached hydrogen (secondary N) is 2. The first-order valence-corrected chi connectivity index (χ1v) is 12.5. The molecule has 0 unspecified atom stereocenters. The van der Waals surface area contributed by atoms with Crippen molar-refractivity contribution < 1.29 is 32.2 Å². The van der Waals surface area contributed by atoms with E-state index in [1.165, 1.54) is 6.07 Å². The van der Waals surface area contributed by atoms with Gasteiger partial charge in [0.2, 0.25) is 5.91 Å². The second-order valence-corrected chi connectivity index (χ2v) is 10.6. The Balaban J connectivity index is 1.20. The molecule has 11 heteroatoms. The molecule has 2 amide bonds. The predicted octanol–water partition coefficient (Wildman–Crippen LogP) is 4.63. The minimum absolute atomic E-state index is 0.0946. The molecule has 8 nitrogen and oxygen atoms in total. The molecule has 0 bridgehead atoms. The number of alkyl halides is 3. The standard InChI is InChI=1S/C28H25F3N4O4/c1-27(2,32)14-9-13(10-15(11-14)28(29,30)31)26(37)35-23-22-18-12-16(3-5-19(18)39-24(22)23)38-20-7-8-33-25-17(20)4-6-21(36)34-25/h3,5,7-12,22-24H,4,6,32H2,1-2H3,(H,35,37)(H,33,34,36)/t22-,23+,24-/m0/s1. The number of hydrogen-bond acceptors (Lipinski definition) is 6. The minimum Gasteiger partial charge on any atom is -0.487 e. The molecule has 3 heterocycles. The van der Waals surface area contributed by atoms with E-state index in [0.717, 1.165) is 23.3 Å². The molecule has 4 N–H and O–H groups in total. The molecule has 202 valence electrons. The molecule has 1 saturated carbocycles. The Morgan fingerprint density at radius 2 is 1.90 bits per heavy atom. The lowest BCUT2D eigenvalue weighted by Gasteiger charge is -2.22. The van der Waals surface area contributed by atoms with E-state index in [9.17, 15) is 22.8 Å². The average molecular weight is 539 g/mol. The summed E-state index contributed by atoms with van der Waals surface area (Å²) in [5.74, 6) is 1.39. The number of nitrogens with two attached hydrogens (primary N) is 1. The van der Waals surface area contributed by atoms with Crippen molar-refractivity contribution in [1.82, 2.24) is 10.3 Å². The van der Waals surface area contributed by atoms with E-state index in [1.807, 2.05) is 6.07 Å². The first-order chi connectivity index (χ1) is 18.4. The van der Waals surface area contributed by atoms with Gasteiger partial charge in [-0.1, -0.05) is 0 Å². The van der Waals surface area contributed by atoms with Gasteiger partial charge in [-0.2, -0.15) is 13.2 Å². The highest BCUT2D eigenvalue weighted by atomic mass is 19.4. The van der Waals surface area contributed by atoms with Crippen molar-refractivity contribution in [1.29, 1.82) is 0 Å². The molecule has 3 aliphatic rings. The molecule has 3 aromatic rings. The zero-order chi connectivity index (χ0) is 27.7. The highest BCUT2D eigenvalue weighted by Crippen LogP contribution is 2.54. The van der Waals surface area contributed by atoms with Crippen LogP contribution >= 0.6 is 0 Å². The van der Waals surface area contributed by atoms with E-state index in [2.05, 4.69) is 15.6 Å². The van der Waals surface area contributed by atoms with Gasteiger partial charge in [0.15, 0.2) is 0 Å². The molecule has 0 radical (unpaired) electrons. The Kier molecular flexibility index (Phi) is 5.62. The van der Waals surface area contributed by atoms with Crippen LogP contribution < -0.4 is 25.8 Å². The van der Waals surface area contributed by atoms with Crippen LogP contribution in [0, 0.1) is 0 Å². The largest absolute Gasteiger partial charge is 0.487 e. The molecule has 2 aromatic carbocycles. The number of fused-ring (bicyclic) bond motifs is 4. The number of nitrogens with zero attached hydrogens (tertiary/aromatic N) is 1. The van der Waals surface area contributed by atoms with Crippen molar-refractivity contribution in [3.8, 4) is 17.2 Å². The van der Waals surface area contributed by atoms with E-state index >= 15 is 0 Å². The van der Waals surface area contributed by atoms with Gasteiger partial charge < -0.3 is 25.8 Å². The summed E-state index contributed by atoms with van der Waals surface area (Å²) in [6.45, 7) is 3.16. The summed E-state index contributed by atoms with van der Waals surface area (Å²) in [7, 11) is 0. The predicted molar refractivity (Wildman–Crippen MR) is 135 cm³/mol. The number of hydrogen-bond donors (Lipinski definition) is 3. The van der Waals surface area contributed by atoms with Crippen LogP contribution in [-0.4, -0.2) is 28.9 Å². The van der Waals surface area contributed by atoms with Crippen LogP contribution in [0.15, 0.2) is 48.7 Å². The summed E-state index contributed by atoms with van der Waals surface area (Å²) in [5, 5.41) is 5.57. The fourth-order valence-electron chi connectivity index (χ4n) is 5.09. The van der Waals surface area contributed by atoms with Crippen LogP contribution in [0.1, 0.15) is 58.8 Å². The van der Waals surface area contributed by atoms with Gasteiger partial charge in [0.25, 0.3) is 5.91 Å². The van der Waals surface area contributed by atoms with Gasteiger partial charge in [0.1, 0.15) is 29.2 Å². The number of anilines is 1. The molecule has 2 aliphatic heterocycles. The Morgan fingerprint density at radius 1 is 1.13 bits per heavy atom. The Bertz CT molecular complexity index is 1480. The average Bonchev–Trinajstić information content (AvgIpc) is 3.39. The number of pyridine rings is 1. The van der Waals surface area contributed by atoms with Crippen molar-refractivity contribution in [3.05, 3.63) is 76.5 Å². The van der Waals surface area contributed by atoms with Crippen LogP contribution in [0.4, 0.5) is 19.0 Å². The number of halogens is 3. The van der Waals surface area contributed by atoms with Crippen molar-refractivity contribution in [2.24, 2.45) is 5.73 Å². The number of ether oxygens (including phenoxy) is 2. The lowest BCUT2D eigenvalue weighted by Crippen LogP contribution is -2.32. The van der Waals surface area contributed by atoms with Gasteiger partial charge in [-0.25, -0.2) is 4.98 Å². The van der Waals surface area contributed by atoms with Crippen LogP contribution in [0.5, 0.6) is 17.2 Å². The second kappa shape index (κ2) is 8.70. The topological polar surface area (TPSA) is 116 Å². The Morgan fingerprint density at radius 3 is 2.64 bits per heavy atom. The van der Waals surface area contributed by atoms with E-state index in [-0.39, 0.29) is 29.1 Å². The van der Waals surface area contributed by atoms with E-state index < -0.39 is 29.2 Å². The molecule has 0 spiro atoms. The summed E-state index contributed by atoms with van der Waals surface area (Å²) in [6.07, 6.45) is -2.53. The summed E-state index contributed by atoms with van der Waals surface area (Å²) in [5.41, 5.74) is 5.79. The molecule has 1 aliphatic carbocycles. The smallest absolute Gasteiger partial charge is 0.416 e. The number of aromatic nitrogens is 1. The summed E-state index contributed by atoms with van der Waals surface area (Å²) >= 11 is 0. The Labute approximate surface area is 221 Å². The van der Waals surface area contributed by atoms with Crippen molar-refractivity contribution in [3.63, 3.8) is 0 Å². The minimum atomic E-state index is -4.62. The van der Waals surface area contributed by atoms with Crippen molar-refractivity contribution in [2.75, 3.05) is 5.32 Å². The normalized spacial score (nSPS) is 21.2. The van der Waals surface area contributed by atoms with Crippen LogP contribution in [-0.2, 0) is 22.9 Å². The fourth-order valence-corrected chi connectivity index (χ4v) is 5.09. The van der Waals surface area contributed by atoms with E-state index in [4.69, 9.17) is 15.2 Å². The fraction of sp³-hybridized carbons (Fsp3) is 0.321. The Hall–Kier alpha value is -4.12. The van der Waals surface area contributed by atoms with Gasteiger partial charge in [0, 0.05) is 34.8 Å². The molecule has 0 saturated heterocycles. The summed E-state index contributed by atoms with van der Waals surface area (Å²) in [4.78, 5) is 28.9. The highest BCUT2D eigenvalue weighted by Gasteiger charge is 2.59. The monoisotopic (exact) mass is 538 g/mol. The number of carbonyl (C=O) groups is 2. The van der Waals surface area contributed by atoms with Crippen molar-refractivity contribution >= 4 is 17.6 Å². The molecule has 1 aromatic heterocycles. The zero-order valence-corrected chi connectivity index (χ0v) is 21.1. The van der Waals surface area contributed by atoms with Crippen LogP contribution in [0.3, 0.4) is 0 Å². The van der Waals surface area contributed by atoms with Gasteiger partial charge in [0.05, 0.1) is 17.5 Å². The first kappa shape index (κ1) is 25.2. The molecule has 6 rings (SSSR count). The van der Waals surface area contributed by atoms with Crippen molar-refractivity contribution in [2.45, 2.75) is 56.5 Å². The van der Waals surface area contributed by atoms with Gasteiger partial charge in [-0.05, 0) is 68.3 Å². The third-order valence-electron chi connectivity index (χ3n) is 7.22. The quantitative estimate of drug-likeness (QED) is 0.437. The number of rotatable bonds is 5. The third-order valence-corrected chi connectivity index (χ3v) is 7.22. The number of amides is 2. The lowest BCUT2D eigenvalue weighted by atomic mass is 9.91. The molecule has 39 heavy (non-hydrogen) atoms. The number of carbonyl (C=O) groups excluding carboxylic acids is 2. The first-order valence-electron chi connectivity index (χ1n) is 12.5. The molecular formula is C28H25F3N4O4. The summed E-state index contributed by atoms with van der Waals surface area (Å²) < 4.78 is 52.6. The maximum atomic E-state index is 13.5. The number of benzene rings is 2. The zero-order valence-electron chi connectivity index (χ0n) is 21.1. The maximum Gasteiger partial charge on any atom is 0.416 e. The SMILES string of the molecule is CC(C)(N)c1cc(C(=O)N[C@H]2[C@H]3Oc4ccc(Oc5ccnc6c5CCC(=O)N6)cc4[C@@H]23)cc(C(F)(F)F)c1. The highest BCUT2D eigenvalue weighted by molar-refractivity contribution is 5.95. The van der Waals surface area contributed by atoms with Gasteiger partial charge in [-0.15, -0.1) is 0 Å². The van der Waals surface area contributed by atoms with Gasteiger partial charge in [-0.3, -0.25) is 9.59 Å². The molecular weight excluding hydrogens is 513 g/mol. The third kappa shape index (κ3) is 4.67. The van der Waals surface area contributed by atoms with E-state index in [0.29, 0.717) is 35.9 Å². The maximum absolute atomic E-state index is 13.5. The van der Waals surface area contributed by atoms with Gasteiger partial charge >= 0.3 is 6.18 Å². The molecule has 1 fully saturated rings. The second-order valence-electron chi connectivity index (χ2n) is 10.6. The summed E-state index contributed by atoms with van der Waals surface area (Å²) in [6, 6.07) is 9.92. The lowest BCUT2D eigenvalue weighted by molar-refractivity contribution is -0.137. The van der Waals surface area contributed by atoms with Crippen LogP contribution in [0.25, 0.3) is 0 Å². The van der Waals surface area contributed by atoms with Crippen LogP contribution in [0.2, 0.25) is 0 Å². The molecule has 3 atom stereocenters. The van der Waals surface area contributed by atoms with E-state index in [1.54, 1.807) is 38.2 Å².